The molecule has 0 saturated heterocycles. The molecule has 2 heterocycles. The van der Waals surface area contributed by atoms with Crippen LogP contribution in [0.3, 0.4) is 0 Å². The molecule has 0 atom stereocenters. The Bertz CT molecular complexity index is 2370. The van der Waals surface area contributed by atoms with Crippen molar-refractivity contribution in [3.8, 4) is 11.3 Å². The van der Waals surface area contributed by atoms with E-state index in [4.69, 9.17) is 2.74 Å². The zero-order chi connectivity index (χ0) is 28.6. The van der Waals surface area contributed by atoms with Gasteiger partial charge in [-0.3, -0.25) is 4.98 Å². The normalized spacial score (nSPS) is 12.9. The van der Waals surface area contributed by atoms with Crippen molar-refractivity contribution in [1.29, 1.82) is 0 Å². The molecule has 0 spiro atoms. The number of hydrogen-bond acceptors (Lipinski definition) is 2. The Morgan fingerprint density at radius 3 is 2.40 bits per heavy atom. The number of benzene rings is 6. The smallest absolute Gasteiger partial charge is 0.145 e. The molecular weight excluding hydrogens is 509 g/mol. The lowest BCUT2D eigenvalue weighted by Gasteiger charge is -2.10. The molecule has 0 fully saturated rings. The second-order valence-electron chi connectivity index (χ2n) is 10.4. The van der Waals surface area contributed by atoms with E-state index in [1.165, 1.54) is 37.2 Å². The molecule has 0 N–H and O–H groups in total. The number of nitrogens with zero attached hydrogens (tertiary/aromatic N) is 1. The first-order chi connectivity index (χ1) is 20.4. The highest BCUT2D eigenvalue weighted by molar-refractivity contribution is 7.27. The van der Waals surface area contributed by atoms with E-state index in [2.05, 4.69) is 60.4 Å². The van der Waals surface area contributed by atoms with E-state index >= 15 is 4.39 Å². The zero-order valence-corrected chi connectivity index (χ0v) is 22.5. The van der Waals surface area contributed by atoms with Gasteiger partial charge in [0.15, 0.2) is 0 Å². The molecule has 0 saturated carbocycles. The predicted octanol–water partition coefficient (Wildman–Crippen LogP) is 10.6. The molecular formula is C37H24FNS. The zero-order valence-electron chi connectivity index (χ0n) is 23.7. The SMILES string of the molecule is [2H]C([2H])(c1cc(-c2cccc3c2sc2c4cc5ccc(C)cc5cc4ccc32)ncc1F)c1cccc2ccccc12. The van der Waals surface area contributed by atoms with Crippen LogP contribution in [0.2, 0.25) is 0 Å². The lowest BCUT2D eigenvalue weighted by atomic mass is 9.97. The van der Waals surface area contributed by atoms with Crippen LogP contribution in [-0.2, 0) is 6.37 Å². The van der Waals surface area contributed by atoms with E-state index in [0.29, 0.717) is 11.3 Å². The molecule has 0 radical (unpaired) electrons. The van der Waals surface area contributed by atoms with Gasteiger partial charge in [0.1, 0.15) is 5.82 Å². The number of fused-ring (bicyclic) bond motifs is 7. The van der Waals surface area contributed by atoms with E-state index < -0.39 is 12.2 Å². The Morgan fingerprint density at radius 1 is 0.650 bits per heavy atom. The fraction of sp³-hybridized carbons (Fsp3) is 0.0541. The maximum absolute atomic E-state index is 15.4. The Kier molecular flexibility index (Phi) is 4.77. The number of pyridine rings is 1. The van der Waals surface area contributed by atoms with Gasteiger partial charge in [0, 0.05) is 40.2 Å². The van der Waals surface area contributed by atoms with Crippen molar-refractivity contribution in [2.24, 2.45) is 0 Å². The Morgan fingerprint density at radius 2 is 1.45 bits per heavy atom. The highest BCUT2D eigenvalue weighted by Gasteiger charge is 2.16. The number of aromatic nitrogens is 1. The summed E-state index contributed by atoms with van der Waals surface area (Å²) in [6.45, 7) is 2.11. The van der Waals surface area contributed by atoms with Crippen LogP contribution in [0, 0.1) is 12.7 Å². The minimum Gasteiger partial charge on any atom is -0.253 e. The summed E-state index contributed by atoms with van der Waals surface area (Å²) in [6.07, 6.45) is -0.907. The standard InChI is InChI=1S/C37H24FNS/c1-22-12-13-24-19-33-26(17-27(24)16-22)14-15-31-30-10-5-11-32(36(30)40-37(31)33)35-20-28(34(38)21-39-35)18-25-8-4-7-23-6-2-3-9-29(23)25/h2-17,19-21H,18H2,1H3/i18D2. The first-order valence-corrected chi connectivity index (χ1v) is 14.1. The number of thiophene rings is 1. The molecule has 0 bridgehead atoms. The maximum Gasteiger partial charge on any atom is 0.145 e. The maximum atomic E-state index is 15.4. The topological polar surface area (TPSA) is 12.9 Å². The fourth-order valence-electron chi connectivity index (χ4n) is 5.81. The molecule has 0 aliphatic carbocycles. The van der Waals surface area contributed by atoms with Crippen molar-refractivity contribution < 1.29 is 7.13 Å². The summed E-state index contributed by atoms with van der Waals surface area (Å²) in [6, 6.07) is 36.3. The lowest BCUT2D eigenvalue weighted by Crippen LogP contribution is -1.97. The van der Waals surface area contributed by atoms with Crippen LogP contribution in [0.25, 0.3) is 63.7 Å². The van der Waals surface area contributed by atoms with Crippen molar-refractivity contribution in [3.63, 3.8) is 0 Å². The van der Waals surface area contributed by atoms with Gasteiger partial charge in [-0.05, 0) is 63.2 Å². The van der Waals surface area contributed by atoms with Gasteiger partial charge < -0.3 is 0 Å². The summed E-state index contributed by atoms with van der Waals surface area (Å²) in [5, 5.41) is 8.80. The molecule has 8 aromatic rings. The van der Waals surface area contributed by atoms with Crippen molar-refractivity contribution in [1.82, 2.24) is 4.98 Å². The van der Waals surface area contributed by atoms with Crippen LogP contribution in [-0.4, -0.2) is 4.98 Å². The summed E-state index contributed by atoms with van der Waals surface area (Å²) in [7, 11) is 0. The Hall–Kier alpha value is -4.60. The predicted molar refractivity (Wildman–Crippen MR) is 169 cm³/mol. The van der Waals surface area contributed by atoms with Gasteiger partial charge >= 0.3 is 0 Å². The monoisotopic (exact) mass is 535 g/mol. The van der Waals surface area contributed by atoms with E-state index in [1.54, 1.807) is 23.5 Å². The quantitative estimate of drug-likeness (QED) is 0.205. The first-order valence-electron chi connectivity index (χ1n) is 14.3. The van der Waals surface area contributed by atoms with Gasteiger partial charge in [-0.1, -0.05) is 96.6 Å². The van der Waals surface area contributed by atoms with Gasteiger partial charge in [-0.15, -0.1) is 11.3 Å². The van der Waals surface area contributed by atoms with Crippen LogP contribution < -0.4 is 0 Å². The third-order valence-corrected chi connectivity index (χ3v) is 9.07. The van der Waals surface area contributed by atoms with E-state index in [9.17, 15) is 0 Å². The third-order valence-electron chi connectivity index (χ3n) is 7.78. The average molecular weight is 536 g/mol. The van der Waals surface area contributed by atoms with Crippen LogP contribution in [0.15, 0.2) is 115 Å². The molecule has 0 aliphatic rings. The second-order valence-corrected chi connectivity index (χ2v) is 11.4. The van der Waals surface area contributed by atoms with Gasteiger partial charge in [0.05, 0.1) is 11.9 Å². The summed E-state index contributed by atoms with van der Waals surface area (Å²) in [4.78, 5) is 4.48. The van der Waals surface area contributed by atoms with E-state index in [-0.39, 0.29) is 5.56 Å². The third kappa shape index (κ3) is 3.70. The van der Waals surface area contributed by atoms with Gasteiger partial charge in [-0.25, -0.2) is 4.39 Å². The van der Waals surface area contributed by atoms with Gasteiger partial charge in [0.2, 0.25) is 0 Å². The molecule has 0 unspecified atom stereocenters. The molecule has 40 heavy (non-hydrogen) atoms. The molecule has 190 valence electrons. The van der Waals surface area contributed by atoms with Crippen molar-refractivity contribution in [2.45, 2.75) is 13.3 Å². The van der Waals surface area contributed by atoms with Crippen molar-refractivity contribution in [2.75, 3.05) is 0 Å². The molecule has 3 heteroatoms. The fourth-order valence-corrected chi connectivity index (χ4v) is 7.16. The van der Waals surface area contributed by atoms with Crippen LogP contribution in [0.5, 0.6) is 0 Å². The molecule has 0 amide bonds. The number of aryl methyl sites for hydroxylation is 1. The number of halogens is 1. The van der Waals surface area contributed by atoms with Gasteiger partial charge in [-0.2, -0.15) is 0 Å². The summed E-state index contributed by atoms with van der Waals surface area (Å²) >= 11 is 1.71. The van der Waals surface area contributed by atoms with Crippen LogP contribution in [0.1, 0.15) is 19.4 Å². The van der Waals surface area contributed by atoms with Crippen LogP contribution >= 0.6 is 11.3 Å². The second kappa shape index (κ2) is 8.97. The molecule has 6 aromatic carbocycles. The first kappa shape index (κ1) is 21.2. The average Bonchev–Trinajstić information content (AvgIpc) is 3.39. The van der Waals surface area contributed by atoms with E-state index in [0.717, 1.165) is 32.6 Å². The molecule has 1 nitrogen and oxygen atoms in total. The highest BCUT2D eigenvalue weighted by Crippen LogP contribution is 2.43. The molecule has 2 aromatic heterocycles. The summed E-state index contributed by atoms with van der Waals surface area (Å²) in [5.41, 5.74) is 3.08. The van der Waals surface area contributed by atoms with E-state index in [1.807, 2.05) is 48.5 Å². The molecule has 8 rings (SSSR count). The Balaban J connectivity index is 1.33. The Labute approximate surface area is 238 Å². The van der Waals surface area contributed by atoms with Crippen LogP contribution in [0.4, 0.5) is 4.39 Å². The highest BCUT2D eigenvalue weighted by atomic mass is 32.1. The van der Waals surface area contributed by atoms with Crippen molar-refractivity contribution >= 4 is 63.8 Å². The number of rotatable bonds is 3. The summed E-state index contributed by atoms with van der Waals surface area (Å²) in [5.74, 6) is -0.659. The minimum atomic E-state index is -2.06. The van der Waals surface area contributed by atoms with Crippen molar-refractivity contribution in [3.05, 3.63) is 138 Å². The molecule has 0 aliphatic heterocycles. The summed E-state index contributed by atoms with van der Waals surface area (Å²) < 4.78 is 35.9. The van der Waals surface area contributed by atoms with Gasteiger partial charge in [0.25, 0.3) is 0 Å². The lowest BCUT2D eigenvalue weighted by molar-refractivity contribution is 0.608. The largest absolute Gasteiger partial charge is 0.253 e. The minimum absolute atomic E-state index is 0.0193. The number of hydrogen-bond donors (Lipinski definition) is 0.